The molecule has 0 saturated heterocycles. The van der Waals surface area contributed by atoms with Crippen LogP contribution in [0.5, 0.6) is 5.75 Å². The van der Waals surface area contributed by atoms with Crippen molar-refractivity contribution >= 4 is 11.6 Å². The second-order valence-electron chi connectivity index (χ2n) is 5.01. The maximum absolute atomic E-state index is 13.3. The zero-order valence-corrected chi connectivity index (χ0v) is 11.7. The minimum Gasteiger partial charge on any atom is -0.495 e. The Labute approximate surface area is 121 Å². The molecule has 0 fully saturated rings. The van der Waals surface area contributed by atoms with Crippen LogP contribution in [-0.2, 0) is 12.0 Å². The van der Waals surface area contributed by atoms with Gasteiger partial charge in [-0.15, -0.1) is 0 Å². The van der Waals surface area contributed by atoms with E-state index in [-0.39, 0.29) is 5.82 Å². The van der Waals surface area contributed by atoms with Gasteiger partial charge in [-0.2, -0.15) is 0 Å². The summed E-state index contributed by atoms with van der Waals surface area (Å²) < 4.78 is 18.5. The van der Waals surface area contributed by atoms with Crippen molar-refractivity contribution in [1.82, 2.24) is 0 Å². The van der Waals surface area contributed by atoms with Gasteiger partial charge in [0.25, 0.3) is 0 Å². The van der Waals surface area contributed by atoms with Crippen molar-refractivity contribution in [2.45, 2.75) is 18.4 Å². The lowest BCUT2D eigenvalue weighted by atomic mass is 9.88. The van der Waals surface area contributed by atoms with Crippen LogP contribution >= 0.6 is 11.6 Å². The van der Waals surface area contributed by atoms with Gasteiger partial charge in [-0.25, -0.2) is 4.39 Å². The third kappa shape index (κ3) is 1.98. The zero-order valence-electron chi connectivity index (χ0n) is 11.0. The average molecular weight is 293 g/mol. The molecular weight excluding hydrogens is 279 g/mol. The molecule has 0 spiro atoms. The molecule has 104 valence electrons. The van der Waals surface area contributed by atoms with Crippen LogP contribution in [-0.4, -0.2) is 12.2 Å². The number of halogens is 2. The molecule has 1 atom stereocenters. The van der Waals surface area contributed by atoms with Crippen LogP contribution < -0.4 is 4.74 Å². The Morgan fingerprint density at radius 2 is 2.05 bits per heavy atom. The van der Waals surface area contributed by atoms with E-state index < -0.39 is 5.60 Å². The molecule has 0 aromatic heterocycles. The molecule has 0 bridgehead atoms. The highest BCUT2D eigenvalue weighted by atomic mass is 35.5. The molecule has 1 aliphatic carbocycles. The summed E-state index contributed by atoms with van der Waals surface area (Å²) in [6.07, 6.45) is 1.17. The lowest BCUT2D eigenvalue weighted by Gasteiger charge is -2.25. The monoisotopic (exact) mass is 292 g/mol. The molecular formula is C16H14ClFO2. The van der Waals surface area contributed by atoms with Gasteiger partial charge in [0.2, 0.25) is 0 Å². The van der Waals surface area contributed by atoms with E-state index >= 15 is 0 Å². The Bertz CT molecular complexity index is 672. The second-order valence-corrected chi connectivity index (χ2v) is 5.42. The van der Waals surface area contributed by atoms with Crippen LogP contribution in [0.3, 0.4) is 0 Å². The van der Waals surface area contributed by atoms with Crippen molar-refractivity contribution in [3.8, 4) is 5.75 Å². The van der Waals surface area contributed by atoms with Crippen LogP contribution in [0.15, 0.2) is 36.4 Å². The van der Waals surface area contributed by atoms with Gasteiger partial charge < -0.3 is 9.84 Å². The molecule has 0 aliphatic heterocycles. The predicted molar refractivity (Wildman–Crippen MR) is 75.7 cm³/mol. The van der Waals surface area contributed by atoms with Gasteiger partial charge in [-0.05, 0) is 53.8 Å². The Kier molecular flexibility index (Phi) is 3.19. The van der Waals surface area contributed by atoms with Gasteiger partial charge in [0.1, 0.15) is 17.2 Å². The maximum atomic E-state index is 13.3. The minimum atomic E-state index is -1.11. The number of aliphatic hydroxyl groups is 1. The highest BCUT2D eigenvalue weighted by Crippen LogP contribution is 2.43. The summed E-state index contributed by atoms with van der Waals surface area (Å²) in [7, 11) is 1.53. The number of hydrogen-bond acceptors (Lipinski definition) is 2. The molecule has 0 radical (unpaired) electrons. The Hall–Kier alpha value is -1.58. The van der Waals surface area contributed by atoms with E-state index in [9.17, 15) is 9.50 Å². The SMILES string of the molecule is COc1cc(C2(O)CCc3cc(F)ccc32)ccc1Cl. The molecule has 1 N–H and O–H groups in total. The van der Waals surface area contributed by atoms with E-state index in [1.54, 1.807) is 24.3 Å². The zero-order chi connectivity index (χ0) is 14.3. The van der Waals surface area contributed by atoms with Crippen molar-refractivity contribution in [2.24, 2.45) is 0 Å². The second kappa shape index (κ2) is 4.76. The maximum Gasteiger partial charge on any atom is 0.137 e. The molecule has 4 heteroatoms. The van der Waals surface area contributed by atoms with Crippen LogP contribution in [0.25, 0.3) is 0 Å². The topological polar surface area (TPSA) is 29.5 Å². The summed E-state index contributed by atoms with van der Waals surface area (Å²) >= 11 is 6.01. The van der Waals surface area contributed by atoms with Crippen LogP contribution in [0, 0.1) is 5.82 Å². The highest BCUT2D eigenvalue weighted by molar-refractivity contribution is 6.32. The quantitative estimate of drug-likeness (QED) is 0.915. The number of benzene rings is 2. The van der Waals surface area contributed by atoms with Crippen molar-refractivity contribution in [3.63, 3.8) is 0 Å². The molecule has 1 unspecified atom stereocenters. The van der Waals surface area contributed by atoms with Crippen LogP contribution in [0.1, 0.15) is 23.1 Å². The standard InChI is InChI=1S/C16H14ClFO2/c1-20-15-9-11(2-5-14(15)17)16(19)7-6-10-8-12(18)3-4-13(10)16/h2-5,8-9,19H,6-7H2,1H3. The van der Waals surface area contributed by atoms with E-state index in [4.69, 9.17) is 16.3 Å². The summed E-state index contributed by atoms with van der Waals surface area (Å²) in [6.45, 7) is 0. The molecule has 0 amide bonds. The molecule has 2 aromatic carbocycles. The first-order valence-corrected chi connectivity index (χ1v) is 6.78. The normalized spacial score (nSPS) is 20.8. The number of methoxy groups -OCH3 is 1. The summed E-state index contributed by atoms with van der Waals surface area (Å²) in [5, 5.41) is 11.5. The molecule has 3 rings (SSSR count). The smallest absolute Gasteiger partial charge is 0.137 e. The Morgan fingerprint density at radius 3 is 2.80 bits per heavy atom. The lowest BCUT2D eigenvalue weighted by molar-refractivity contribution is 0.0827. The fourth-order valence-electron chi connectivity index (χ4n) is 2.84. The molecule has 0 heterocycles. The lowest BCUT2D eigenvalue weighted by Crippen LogP contribution is -2.23. The third-order valence-electron chi connectivity index (χ3n) is 3.90. The first kappa shape index (κ1) is 13.4. The van der Waals surface area contributed by atoms with Crippen LogP contribution in [0.2, 0.25) is 5.02 Å². The summed E-state index contributed by atoms with van der Waals surface area (Å²) in [6, 6.07) is 9.74. The number of aryl methyl sites for hydroxylation is 1. The van der Waals surface area contributed by atoms with Crippen molar-refractivity contribution in [1.29, 1.82) is 0 Å². The number of ether oxygens (including phenoxy) is 1. The van der Waals surface area contributed by atoms with E-state index in [0.29, 0.717) is 29.2 Å². The van der Waals surface area contributed by atoms with Crippen LogP contribution in [0.4, 0.5) is 4.39 Å². The summed E-state index contributed by atoms with van der Waals surface area (Å²) in [5.74, 6) is 0.245. The number of fused-ring (bicyclic) bond motifs is 1. The van der Waals surface area contributed by atoms with Crippen molar-refractivity contribution < 1.29 is 14.2 Å². The highest BCUT2D eigenvalue weighted by Gasteiger charge is 2.38. The van der Waals surface area contributed by atoms with E-state index in [2.05, 4.69) is 0 Å². The first-order valence-electron chi connectivity index (χ1n) is 6.40. The minimum absolute atomic E-state index is 0.276. The van der Waals surface area contributed by atoms with Gasteiger partial charge in [-0.1, -0.05) is 23.7 Å². The van der Waals surface area contributed by atoms with Gasteiger partial charge in [-0.3, -0.25) is 0 Å². The summed E-state index contributed by atoms with van der Waals surface area (Å²) in [5.41, 5.74) is 1.20. The van der Waals surface area contributed by atoms with Crippen molar-refractivity contribution in [2.75, 3.05) is 7.11 Å². The number of hydrogen-bond donors (Lipinski definition) is 1. The Balaban J connectivity index is 2.11. The molecule has 20 heavy (non-hydrogen) atoms. The molecule has 0 saturated carbocycles. The number of rotatable bonds is 2. The molecule has 1 aliphatic rings. The van der Waals surface area contributed by atoms with Gasteiger partial charge in [0, 0.05) is 0 Å². The van der Waals surface area contributed by atoms with Gasteiger partial charge in [0.05, 0.1) is 12.1 Å². The van der Waals surface area contributed by atoms with Gasteiger partial charge >= 0.3 is 0 Å². The van der Waals surface area contributed by atoms with Gasteiger partial charge in [0.15, 0.2) is 0 Å². The molecule has 2 aromatic rings. The fourth-order valence-corrected chi connectivity index (χ4v) is 3.03. The third-order valence-corrected chi connectivity index (χ3v) is 4.21. The average Bonchev–Trinajstić information content (AvgIpc) is 2.77. The largest absolute Gasteiger partial charge is 0.495 e. The Morgan fingerprint density at radius 1 is 1.25 bits per heavy atom. The first-order chi connectivity index (χ1) is 9.54. The van der Waals surface area contributed by atoms with E-state index in [1.807, 2.05) is 0 Å². The van der Waals surface area contributed by atoms with Crippen molar-refractivity contribution in [3.05, 3.63) is 63.9 Å². The predicted octanol–water partition coefficient (Wildman–Crippen LogP) is 3.67. The summed E-state index contributed by atoms with van der Waals surface area (Å²) in [4.78, 5) is 0. The fraction of sp³-hybridized carbons (Fsp3) is 0.250. The van der Waals surface area contributed by atoms with E-state index in [0.717, 1.165) is 11.1 Å². The molecule has 2 nitrogen and oxygen atoms in total. The van der Waals surface area contributed by atoms with E-state index in [1.165, 1.54) is 19.2 Å².